The summed E-state index contributed by atoms with van der Waals surface area (Å²) in [5.41, 5.74) is -0.345. The zero-order valence-electron chi connectivity index (χ0n) is 14.5. The summed E-state index contributed by atoms with van der Waals surface area (Å²) < 4.78 is 21.4. The summed E-state index contributed by atoms with van der Waals surface area (Å²) in [7, 11) is 1.46. The van der Waals surface area contributed by atoms with Crippen LogP contribution in [0.15, 0.2) is 0 Å². The van der Waals surface area contributed by atoms with E-state index in [0.29, 0.717) is 13.2 Å². The quantitative estimate of drug-likeness (QED) is 0.429. The Labute approximate surface area is 140 Å². The minimum atomic E-state index is -0.345. The average Bonchev–Trinajstić information content (AvgIpc) is 2.55. The van der Waals surface area contributed by atoms with Gasteiger partial charge in [0, 0.05) is 13.2 Å². The van der Waals surface area contributed by atoms with Gasteiger partial charge in [-0.3, -0.25) is 4.79 Å². The third-order valence-corrected chi connectivity index (χ3v) is 4.87. The minimum absolute atomic E-state index is 0.0444. The molecule has 2 fully saturated rings. The third kappa shape index (κ3) is 6.05. The summed E-state index contributed by atoms with van der Waals surface area (Å²) in [6.45, 7) is 2.72. The fraction of sp³-hybridized carbons (Fsp3) is 0.944. The van der Waals surface area contributed by atoms with E-state index in [2.05, 4.69) is 0 Å². The molecule has 0 spiro atoms. The van der Waals surface area contributed by atoms with E-state index in [-0.39, 0.29) is 17.7 Å². The van der Waals surface area contributed by atoms with E-state index >= 15 is 0 Å². The molecule has 2 saturated heterocycles. The van der Waals surface area contributed by atoms with Crippen LogP contribution in [-0.4, -0.2) is 45.8 Å². The van der Waals surface area contributed by atoms with Crippen LogP contribution in [0, 0.1) is 5.41 Å². The van der Waals surface area contributed by atoms with Crippen molar-refractivity contribution in [2.24, 2.45) is 5.41 Å². The van der Waals surface area contributed by atoms with Crippen LogP contribution in [-0.2, 0) is 23.7 Å². The molecule has 5 nitrogen and oxygen atoms in total. The molecule has 0 saturated carbocycles. The number of hydrogen-bond donors (Lipinski definition) is 0. The number of rotatable bonds is 11. The molecule has 0 aromatic carbocycles. The maximum absolute atomic E-state index is 11.8. The van der Waals surface area contributed by atoms with Crippen molar-refractivity contribution >= 4 is 5.97 Å². The molecular formula is C18H32O5. The number of esters is 1. The number of methoxy groups -OCH3 is 1. The lowest BCUT2D eigenvalue weighted by atomic mass is 9.80. The van der Waals surface area contributed by atoms with Crippen molar-refractivity contribution in [3.63, 3.8) is 0 Å². The second-order valence-corrected chi connectivity index (χ2v) is 6.80. The maximum atomic E-state index is 11.8. The van der Waals surface area contributed by atoms with Gasteiger partial charge in [-0.2, -0.15) is 0 Å². The van der Waals surface area contributed by atoms with Gasteiger partial charge in [0.05, 0.1) is 20.3 Å². The summed E-state index contributed by atoms with van der Waals surface area (Å²) in [6, 6.07) is 0. The Kier molecular flexibility index (Phi) is 8.34. The summed E-state index contributed by atoms with van der Waals surface area (Å²) >= 11 is 0. The van der Waals surface area contributed by atoms with E-state index in [1.54, 1.807) is 0 Å². The van der Waals surface area contributed by atoms with E-state index in [9.17, 15) is 4.79 Å². The molecule has 2 heterocycles. The molecule has 0 radical (unpaired) electrons. The van der Waals surface area contributed by atoms with Crippen LogP contribution in [0.3, 0.4) is 0 Å². The summed E-state index contributed by atoms with van der Waals surface area (Å²) in [5.74, 6) is -0.106. The van der Waals surface area contributed by atoms with Gasteiger partial charge in [0.1, 0.15) is 5.41 Å². The standard InChI is InChI=1S/C18H32O5/c1-20-17(19)18(14-21-15-18)11-7-4-2-3-5-8-12-22-16-10-6-9-13-23-16/h16H,2-15H2,1H3. The van der Waals surface area contributed by atoms with Gasteiger partial charge in [-0.05, 0) is 32.1 Å². The highest BCUT2D eigenvalue weighted by Gasteiger charge is 2.46. The highest BCUT2D eigenvalue weighted by Crippen LogP contribution is 2.34. The Balaban J connectivity index is 1.40. The molecule has 0 N–H and O–H groups in total. The third-order valence-electron chi connectivity index (χ3n) is 4.87. The van der Waals surface area contributed by atoms with Crippen LogP contribution in [0.1, 0.15) is 64.2 Å². The van der Waals surface area contributed by atoms with Gasteiger partial charge in [0.2, 0.25) is 0 Å². The molecule has 0 bridgehead atoms. The molecule has 0 amide bonds. The molecule has 134 valence electrons. The Morgan fingerprint density at radius 2 is 1.83 bits per heavy atom. The molecule has 1 unspecified atom stereocenters. The predicted molar refractivity (Wildman–Crippen MR) is 87.1 cm³/mol. The Hall–Kier alpha value is -0.650. The van der Waals surface area contributed by atoms with Gasteiger partial charge < -0.3 is 18.9 Å². The van der Waals surface area contributed by atoms with Gasteiger partial charge in [0.25, 0.3) is 0 Å². The second kappa shape index (κ2) is 10.3. The smallest absolute Gasteiger partial charge is 0.316 e. The van der Waals surface area contributed by atoms with Crippen LogP contribution in [0.2, 0.25) is 0 Å². The molecule has 23 heavy (non-hydrogen) atoms. The molecule has 2 rings (SSSR count). The van der Waals surface area contributed by atoms with Gasteiger partial charge in [-0.25, -0.2) is 0 Å². The number of hydrogen-bond acceptors (Lipinski definition) is 5. The highest BCUT2D eigenvalue weighted by molar-refractivity contribution is 5.77. The average molecular weight is 328 g/mol. The Bertz CT molecular complexity index is 334. The van der Waals surface area contributed by atoms with Gasteiger partial charge >= 0.3 is 5.97 Å². The molecule has 5 heteroatoms. The first kappa shape index (κ1) is 18.7. The van der Waals surface area contributed by atoms with E-state index in [1.165, 1.54) is 45.6 Å². The van der Waals surface area contributed by atoms with Crippen LogP contribution in [0.4, 0.5) is 0 Å². The molecule has 0 aliphatic carbocycles. The zero-order chi connectivity index (χ0) is 16.4. The van der Waals surface area contributed by atoms with Crippen LogP contribution in [0.25, 0.3) is 0 Å². The van der Waals surface area contributed by atoms with Crippen LogP contribution < -0.4 is 0 Å². The lowest BCUT2D eigenvalue weighted by Crippen LogP contribution is -2.49. The van der Waals surface area contributed by atoms with Crippen molar-refractivity contribution in [1.29, 1.82) is 0 Å². The number of unbranched alkanes of at least 4 members (excludes halogenated alkanes) is 5. The highest BCUT2D eigenvalue weighted by atomic mass is 16.7. The van der Waals surface area contributed by atoms with Crippen molar-refractivity contribution in [3.05, 3.63) is 0 Å². The number of carbonyl (C=O) groups is 1. The fourth-order valence-corrected chi connectivity index (χ4v) is 3.26. The van der Waals surface area contributed by atoms with Crippen molar-refractivity contribution in [2.45, 2.75) is 70.5 Å². The second-order valence-electron chi connectivity index (χ2n) is 6.80. The van der Waals surface area contributed by atoms with E-state index in [1.807, 2.05) is 0 Å². The topological polar surface area (TPSA) is 54.0 Å². The SMILES string of the molecule is COC(=O)C1(CCCCCCCCOC2CCCCO2)COC1. The zero-order valence-corrected chi connectivity index (χ0v) is 14.5. The Morgan fingerprint density at radius 1 is 1.09 bits per heavy atom. The summed E-state index contributed by atoms with van der Waals surface area (Å²) in [5, 5.41) is 0. The van der Waals surface area contributed by atoms with Gasteiger partial charge in [-0.15, -0.1) is 0 Å². The maximum Gasteiger partial charge on any atom is 0.316 e. The van der Waals surface area contributed by atoms with E-state index in [0.717, 1.165) is 38.9 Å². The Morgan fingerprint density at radius 3 is 2.43 bits per heavy atom. The number of carbonyl (C=O) groups excluding carboxylic acids is 1. The van der Waals surface area contributed by atoms with Crippen molar-refractivity contribution in [3.8, 4) is 0 Å². The lowest BCUT2D eigenvalue weighted by Gasteiger charge is -2.38. The molecule has 2 aliphatic rings. The number of ether oxygens (including phenoxy) is 4. The first-order valence-electron chi connectivity index (χ1n) is 9.16. The molecular weight excluding hydrogens is 296 g/mol. The van der Waals surface area contributed by atoms with Crippen molar-refractivity contribution < 1.29 is 23.7 Å². The summed E-state index contributed by atoms with van der Waals surface area (Å²) in [6.07, 6.45) is 11.4. The molecule has 2 aliphatic heterocycles. The van der Waals surface area contributed by atoms with Crippen LogP contribution in [0.5, 0.6) is 0 Å². The minimum Gasteiger partial charge on any atom is -0.468 e. The lowest BCUT2D eigenvalue weighted by molar-refractivity contribution is -0.184. The molecule has 0 aromatic heterocycles. The largest absolute Gasteiger partial charge is 0.468 e. The molecule has 1 atom stereocenters. The molecule has 0 aromatic rings. The first-order valence-corrected chi connectivity index (χ1v) is 9.16. The van der Waals surface area contributed by atoms with Crippen molar-refractivity contribution in [2.75, 3.05) is 33.5 Å². The van der Waals surface area contributed by atoms with Gasteiger partial charge in [-0.1, -0.05) is 32.1 Å². The predicted octanol–water partition coefficient (Wildman–Crippen LogP) is 3.45. The fourth-order valence-electron chi connectivity index (χ4n) is 3.26. The summed E-state index contributed by atoms with van der Waals surface area (Å²) in [4.78, 5) is 11.8. The monoisotopic (exact) mass is 328 g/mol. The van der Waals surface area contributed by atoms with Crippen LogP contribution >= 0.6 is 0 Å². The van der Waals surface area contributed by atoms with E-state index < -0.39 is 0 Å². The van der Waals surface area contributed by atoms with Gasteiger partial charge in [0.15, 0.2) is 6.29 Å². The van der Waals surface area contributed by atoms with Crippen molar-refractivity contribution in [1.82, 2.24) is 0 Å². The normalized spacial score (nSPS) is 23.3. The van der Waals surface area contributed by atoms with E-state index in [4.69, 9.17) is 18.9 Å². The first-order chi connectivity index (χ1) is 11.3.